The van der Waals surface area contributed by atoms with Gasteiger partial charge >= 0.3 is 5.97 Å². The van der Waals surface area contributed by atoms with E-state index >= 15 is 0 Å². The summed E-state index contributed by atoms with van der Waals surface area (Å²) in [5.41, 5.74) is 3.57. The lowest BCUT2D eigenvalue weighted by molar-refractivity contribution is -0.0102. The third-order valence-corrected chi connectivity index (χ3v) is 6.79. The molecule has 0 aliphatic carbocycles. The normalized spacial score (nSPS) is 20.6. The molecular weight excluding hydrogens is 440 g/mol. The van der Waals surface area contributed by atoms with Gasteiger partial charge in [-0.3, -0.25) is 4.90 Å². The maximum Gasteiger partial charge on any atom is 0.338 e. The average Bonchev–Trinajstić information content (AvgIpc) is 3.35. The number of hydrogen-bond donors (Lipinski definition) is 1. The topological polar surface area (TPSA) is 80.5 Å². The average molecular weight is 477 g/mol. The second kappa shape index (κ2) is 12.1. The van der Waals surface area contributed by atoms with Crippen LogP contribution in [0.1, 0.15) is 78.3 Å². The lowest BCUT2D eigenvalue weighted by Gasteiger charge is -2.42. The molecule has 186 valence electrons. The molecule has 1 saturated heterocycles. The van der Waals surface area contributed by atoms with Crippen LogP contribution in [-0.4, -0.2) is 50.2 Å². The number of piperidine rings is 1. The molecule has 1 aliphatic heterocycles. The number of esters is 1. The van der Waals surface area contributed by atoms with Crippen molar-refractivity contribution in [3.05, 3.63) is 83.2 Å². The highest BCUT2D eigenvalue weighted by molar-refractivity contribution is 5.89. The highest BCUT2D eigenvalue weighted by Gasteiger charge is 2.36. The molecule has 0 amide bonds. The molecule has 1 fully saturated rings. The van der Waals surface area contributed by atoms with E-state index in [1.165, 1.54) is 30.4 Å². The van der Waals surface area contributed by atoms with E-state index in [1.54, 1.807) is 35.1 Å². The fraction of sp³-hybridized carbons (Fsp3) is 0.464. The Balaban J connectivity index is 1.44. The zero-order chi connectivity index (χ0) is 24.6. The van der Waals surface area contributed by atoms with Gasteiger partial charge in [-0.2, -0.15) is 0 Å². The molecule has 4 rings (SSSR count). The Morgan fingerprint density at radius 1 is 1.09 bits per heavy atom. The molecule has 0 radical (unpaired) electrons. The summed E-state index contributed by atoms with van der Waals surface area (Å²) in [6, 6.07) is 17.6. The van der Waals surface area contributed by atoms with Gasteiger partial charge in [-0.1, -0.05) is 79.4 Å². The van der Waals surface area contributed by atoms with E-state index in [4.69, 9.17) is 4.74 Å². The number of unbranched alkanes of at least 4 members (excludes halogenated alkanes) is 3. The fourth-order valence-corrected chi connectivity index (χ4v) is 4.77. The molecule has 1 N–H and O–H groups in total. The highest BCUT2D eigenvalue weighted by atomic mass is 16.5. The summed E-state index contributed by atoms with van der Waals surface area (Å²) in [6.45, 7) is 5.93. The molecule has 7 heteroatoms. The van der Waals surface area contributed by atoms with E-state index in [0.717, 1.165) is 19.4 Å². The van der Waals surface area contributed by atoms with Crippen LogP contribution >= 0.6 is 0 Å². The van der Waals surface area contributed by atoms with E-state index in [-0.39, 0.29) is 18.7 Å². The van der Waals surface area contributed by atoms with Crippen molar-refractivity contribution in [2.75, 3.05) is 13.1 Å². The smallest absolute Gasteiger partial charge is 0.338 e. The van der Waals surface area contributed by atoms with Gasteiger partial charge in [0.05, 0.1) is 23.9 Å². The van der Waals surface area contributed by atoms with E-state index in [2.05, 4.69) is 53.3 Å². The summed E-state index contributed by atoms with van der Waals surface area (Å²) in [7, 11) is 0. The van der Waals surface area contributed by atoms with Crippen LogP contribution in [0.3, 0.4) is 0 Å². The minimum atomic E-state index is -0.552. The van der Waals surface area contributed by atoms with E-state index in [9.17, 15) is 9.90 Å². The van der Waals surface area contributed by atoms with Gasteiger partial charge in [0.1, 0.15) is 12.3 Å². The quantitative estimate of drug-likeness (QED) is 0.332. The first-order valence-corrected chi connectivity index (χ1v) is 12.7. The predicted octanol–water partition coefficient (Wildman–Crippen LogP) is 4.87. The highest BCUT2D eigenvalue weighted by Crippen LogP contribution is 2.37. The van der Waals surface area contributed by atoms with Crippen LogP contribution in [0.25, 0.3) is 0 Å². The van der Waals surface area contributed by atoms with Crippen molar-refractivity contribution < 1.29 is 14.6 Å². The number of aliphatic hydroxyl groups is 1. The Labute approximate surface area is 207 Å². The zero-order valence-corrected chi connectivity index (χ0v) is 20.7. The van der Waals surface area contributed by atoms with Gasteiger partial charge in [0.15, 0.2) is 0 Å². The molecule has 1 aliphatic rings. The van der Waals surface area contributed by atoms with Crippen molar-refractivity contribution >= 4 is 5.97 Å². The third kappa shape index (κ3) is 6.55. The van der Waals surface area contributed by atoms with Crippen LogP contribution in [0.15, 0.2) is 60.8 Å². The standard InChI is InChI=1S/C28H36N4O3/c1-3-4-5-9-16-31-19-27(33)26(17-25(31)22-14-12-21(2)13-15-22)32-18-24(29-30-32)20-35-28(34)23-10-7-6-8-11-23/h6-8,10-15,18,25-27,33H,3-5,9,16-17,19-20H2,1-2H3/t25-,26-,27-/m1/s1. The van der Waals surface area contributed by atoms with Crippen LogP contribution in [0, 0.1) is 6.92 Å². The fourth-order valence-electron chi connectivity index (χ4n) is 4.77. The molecule has 2 heterocycles. The maximum atomic E-state index is 12.2. The lowest BCUT2D eigenvalue weighted by atomic mass is 9.89. The number of aryl methyl sites for hydroxylation is 1. The number of ether oxygens (including phenoxy) is 1. The van der Waals surface area contributed by atoms with Gasteiger partial charge in [-0.15, -0.1) is 5.10 Å². The lowest BCUT2D eigenvalue weighted by Crippen LogP contribution is -2.46. The molecule has 1 aromatic heterocycles. The number of hydrogen-bond acceptors (Lipinski definition) is 6. The van der Waals surface area contributed by atoms with Crippen LogP contribution in [0.2, 0.25) is 0 Å². The van der Waals surface area contributed by atoms with Gasteiger partial charge in [0, 0.05) is 12.6 Å². The number of aliphatic hydroxyl groups excluding tert-OH is 1. The number of carbonyl (C=O) groups excluding carboxylic acids is 1. The van der Waals surface area contributed by atoms with Crippen LogP contribution < -0.4 is 0 Å². The number of rotatable bonds is 10. The molecule has 0 unspecified atom stereocenters. The maximum absolute atomic E-state index is 12.2. The number of β-amino-alcohol motifs (C(OH)–C–C–N with tert-alkyl or cyclic N) is 1. The monoisotopic (exact) mass is 476 g/mol. The van der Waals surface area contributed by atoms with Crippen molar-refractivity contribution in [1.82, 2.24) is 19.9 Å². The van der Waals surface area contributed by atoms with Crippen LogP contribution in [-0.2, 0) is 11.3 Å². The van der Waals surface area contributed by atoms with Gasteiger partial charge in [-0.05, 0) is 44.0 Å². The molecule has 3 aromatic rings. The zero-order valence-electron chi connectivity index (χ0n) is 20.7. The molecule has 0 saturated carbocycles. The number of carbonyl (C=O) groups is 1. The van der Waals surface area contributed by atoms with E-state index in [0.29, 0.717) is 17.8 Å². The molecule has 3 atom stereocenters. The van der Waals surface area contributed by atoms with E-state index < -0.39 is 12.1 Å². The Morgan fingerprint density at radius 3 is 2.60 bits per heavy atom. The summed E-state index contributed by atoms with van der Waals surface area (Å²) < 4.78 is 7.14. The molecular formula is C28H36N4O3. The minimum Gasteiger partial charge on any atom is -0.455 e. The number of likely N-dealkylation sites (tertiary alicyclic amines) is 1. The summed E-state index contributed by atoms with van der Waals surface area (Å²) in [4.78, 5) is 14.7. The number of nitrogens with zero attached hydrogens (tertiary/aromatic N) is 4. The predicted molar refractivity (Wildman–Crippen MR) is 135 cm³/mol. The Hall–Kier alpha value is -3.03. The van der Waals surface area contributed by atoms with Crippen molar-refractivity contribution in [3.8, 4) is 0 Å². The largest absolute Gasteiger partial charge is 0.455 e. The number of aromatic nitrogens is 3. The molecule has 35 heavy (non-hydrogen) atoms. The second-order valence-electron chi connectivity index (χ2n) is 9.48. The summed E-state index contributed by atoms with van der Waals surface area (Å²) in [5.74, 6) is -0.393. The minimum absolute atomic E-state index is 0.0431. The molecule has 7 nitrogen and oxygen atoms in total. The Morgan fingerprint density at radius 2 is 1.86 bits per heavy atom. The molecule has 0 bridgehead atoms. The Kier molecular flexibility index (Phi) is 8.66. The summed E-state index contributed by atoms with van der Waals surface area (Å²) in [5, 5.41) is 19.6. The SMILES string of the molecule is CCCCCCN1C[C@@H](O)[C@H](n2cc(COC(=O)c3ccccc3)nn2)C[C@@H]1c1ccc(C)cc1. The first kappa shape index (κ1) is 25.1. The first-order chi connectivity index (χ1) is 17.0. The Bertz CT molecular complexity index is 1070. The first-order valence-electron chi connectivity index (χ1n) is 12.7. The second-order valence-corrected chi connectivity index (χ2v) is 9.48. The molecule has 2 aromatic carbocycles. The van der Waals surface area contributed by atoms with Crippen LogP contribution in [0.5, 0.6) is 0 Å². The van der Waals surface area contributed by atoms with Crippen molar-refractivity contribution in [2.24, 2.45) is 0 Å². The third-order valence-electron chi connectivity index (χ3n) is 6.79. The van der Waals surface area contributed by atoms with Crippen molar-refractivity contribution in [1.29, 1.82) is 0 Å². The van der Waals surface area contributed by atoms with Crippen LogP contribution in [0.4, 0.5) is 0 Å². The van der Waals surface area contributed by atoms with Crippen molar-refractivity contribution in [3.63, 3.8) is 0 Å². The van der Waals surface area contributed by atoms with E-state index in [1.807, 2.05) is 6.07 Å². The summed E-state index contributed by atoms with van der Waals surface area (Å²) >= 11 is 0. The van der Waals surface area contributed by atoms with Crippen molar-refractivity contribution in [2.45, 2.75) is 70.7 Å². The summed E-state index contributed by atoms with van der Waals surface area (Å²) in [6.07, 6.45) is 6.77. The number of benzene rings is 2. The van der Waals surface area contributed by atoms with Gasteiger partial charge in [-0.25, -0.2) is 9.48 Å². The van der Waals surface area contributed by atoms with Gasteiger partial charge in [0.25, 0.3) is 0 Å². The van der Waals surface area contributed by atoms with Gasteiger partial charge in [0.2, 0.25) is 0 Å². The molecule has 0 spiro atoms. The van der Waals surface area contributed by atoms with Gasteiger partial charge < -0.3 is 9.84 Å².